The highest BCUT2D eigenvalue weighted by Crippen LogP contribution is 2.76. The molecule has 25 atom stereocenters. The van der Waals surface area contributed by atoms with Crippen LogP contribution in [0.4, 0.5) is 0 Å². The number of aliphatic hydroxyl groups is 8. The molecule has 0 unspecified atom stereocenters. The van der Waals surface area contributed by atoms with Gasteiger partial charge in [0.1, 0.15) is 61.0 Å². The molecule has 0 aromatic carbocycles. The third-order valence-corrected chi connectivity index (χ3v) is 19.5. The van der Waals surface area contributed by atoms with Crippen LogP contribution in [0.2, 0.25) is 0 Å². The van der Waals surface area contributed by atoms with E-state index in [1.165, 1.54) is 13.8 Å². The Morgan fingerprint density at radius 1 is 0.636 bits per heavy atom. The topological polar surface area (TPSA) is 292 Å². The number of aliphatic carboxylic acids is 2. The molecule has 0 spiro atoms. The smallest absolute Gasteiger partial charge is 0.314 e. The first kappa shape index (κ1) is 50.5. The van der Waals surface area contributed by atoms with Crippen molar-refractivity contribution in [1.82, 2.24) is 0 Å². The molecule has 376 valence electrons. The third kappa shape index (κ3) is 7.40. The molecular weight excluding hydrogens is 865 g/mol. The first-order chi connectivity index (χ1) is 30.8. The Bertz CT molecular complexity index is 1850. The molecule has 0 aromatic heterocycles. The Kier molecular flexibility index (Phi) is 13.6. The minimum Gasteiger partial charge on any atom is -0.481 e. The van der Waals surface area contributed by atoms with Gasteiger partial charge in [-0.25, -0.2) is 0 Å². The standard InChI is InChI=1S/C48H76O18/c1-20-11-16-47(42(57)58)17-18-48(43(59)60)24(29(47)21(20)2)9-10-27-45(7)14-13-28(44(5,6)26(45)12-15-46(27,48)8)64-41-36(56)38(31(51)25(19-49)63-41)66-40-35(55)33(53)37(23(4)62-40)65-39-34(54)32(52)30(50)22(3)61-39/h9,20-23,25-41,49-56H,10-19H2,1-8H3,(H,57,58)(H,59,60)/t20-,21-,22-,23+,25+,26-,27-,28+,29-,30+,31+,32-,33+,34-,35-,36+,37-,38-,39+,40+,41-,45+,46-,47+,48-/m1/s1. The molecule has 4 saturated carbocycles. The number of allylic oxidation sites excluding steroid dienone is 1. The second-order valence-corrected chi connectivity index (χ2v) is 22.8. The molecule has 0 bridgehead atoms. The molecule has 0 aromatic rings. The highest BCUT2D eigenvalue weighted by Gasteiger charge is 2.73. The average Bonchev–Trinajstić information content (AvgIpc) is 3.26. The first-order valence-electron chi connectivity index (χ1n) is 24.3. The van der Waals surface area contributed by atoms with E-state index in [0.717, 1.165) is 12.0 Å². The summed E-state index contributed by atoms with van der Waals surface area (Å²) in [4.78, 5) is 27.2. The van der Waals surface area contributed by atoms with Crippen molar-refractivity contribution in [2.45, 2.75) is 211 Å². The van der Waals surface area contributed by atoms with E-state index >= 15 is 0 Å². The fraction of sp³-hybridized carbons (Fsp3) is 0.917. The number of hydrogen-bond acceptors (Lipinski definition) is 16. The molecule has 7 fully saturated rings. The van der Waals surface area contributed by atoms with E-state index < -0.39 is 138 Å². The van der Waals surface area contributed by atoms with Crippen LogP contribution in [0.25, 0.3) is 0 Å². The van der Waals surface area contributed by atoms with Crippen LogP contribution in [0.15, 0.2) is 11.6 Å². The summed E-state index contributed by atoms with van der Waals surface area (Å²) in [6, 6.07) is 0. The van der Waals surface area contributed by atoms with E-state index in [1.807, 2.05) is 0 Å². The molecule has 3 aliphatic heterocycles. The number of carboxylic acids is 2. The second kappa shape index (κ2) is 17.8. The number of aliphatic hydroxyl groups excluding tert-OH is 8. The second-order valence-electron chi connectivity index (χ2n) is 22.8. The molecule has 18 heteroatoms. The van der Waals surface area contributed by atoms with Gasteiger partial charge >= 0.3 is 11.9 Å². The minimum atomic E-state index is -1.82. The van der Waals surface area contributed by atoms with Crippen molar-refractivity contribution in [1.29, 1.82) is 0 Å². The lowest BCUT2D eigenvalue weighted by Crippen LogP contribution is -2.68. The van der Waals surface area contributed by atoms with Crippen LogP contribution >= 0.6 is 0 Å². The fourth-order valence-corrected chi connectivity index (χ4v) is 15.4. The van der Waals surface area contributed by atoms with Crippen molar-refractivity contribution < 1.29 is 89.1 Å². The van der Waals surface area contributed by atoms with Crippen molar-refractivity contribution in [2.75, 3.05) is 6.61 Å². The maximum Gasteiger partial charge on any atom is 0.314 e. The van der Waals surface area contributed by atoms with Crippen LogP contribution in [0.3, 0.4) is 0 Å². The van der Waals surface area contributed by atoms with Gasteiger partial charge < -0.3 is 79.5 Å². The zero-order valence-electron chi connectivity index (χ0n) is 39.5. The number of carboxylic acid groups (broad SMARTS) is 2. The van der Waals surface area contributed by atoms with Crippen molar-refractivity contribution in [2.24, 2.45) is 56.7 Å². The van der Waals surface area contributed by atoms with Crippen molar-refractivity contribution in [3.05, 3.63) is 11.6 Å². The lowest BCUT2D eigenvalue weighted by molar-refractivity contribution is -0.380. The van der Waals surface area contributed by atoms with Crippen LogP contribution in [0.5, 0.6) is 0 Å². The Labute approximate surface area is 386 Å². The summed E-state index contributed by atoms with van der Waals surface area (Å²) in [7, 11) is 0. The summed E-state index contributed by atoms with van der Waals surface area (Å²) >= 11 is 0. The monoisotopic (exact) mass is 941 g/mol. The van der Waals surface area contributed by atoms with Gasteiger partial charge in [-0.1, -0.05) is 53.2 Å². The summed E-state index contributed by atoms with van der Waals surface area (Å²) < 4.78 is 35.9. The minimum absolute atomic E-state index is 0.0188. The first-order valence-corrected chi connectivity index (χ1v) is 24.3. The van der Waals surface area contributed by atoms with Gasteiger partial charge in [-0.15, -0.1) is 0 Å². The van der Waals surface area contributed by atoms with Gasteiger partial charge in [-0.3, -0.25) is 9.59 Å². The normalized spacial score (nSPS) is 54.7. The Morgan fingerprint density at radius 2 is 1.26 bits per heavy atom. The summed E-state index contributed by atoms with van der Waals surface area (Å²) in [5, 5.41) is 109. The number of fused-ring (bicyclic) bond motifs is 7. The van der Waals surface area contributed by atoms with Crippen LogP contribution in [0.1, 0.15) is 113 Å². The summed E-state index contributed by atoms with van der Waals surface area (Å²) in [5.74, 6) is -1.76. The zero-order valence-corrected chi connectivity index (χ0v) is 39.5. The van der Waals surface area contributed by atoms with E-state index in [4.69, 9.17) is 28.4 Å². The molecule has 0 radical (unpaired) electrons. The van der Waals surface area contributed by atoms with Crippen molar-refractivity contribution >= 4 is 11.9 Å². The molecule has 8 rings (SSSR count). The van der Waals surface area contributed by atoms with Crippen LogP contribution in [0, 0.1) is 56.7 Å². The van der Waals surface area contributed by atoms with Gasteiger partial charge in [-0.2, -0.15) is 0 Å². The largest absolute Gasteiger partial charge is 0.481 e. The molecule has 66 heavy (non-hydrogen) atoms. The maximum atomic E-state index is 14.0. The average molecular weight is 941 g/mol. The summed E-state index contributed by atoms with van der Waals surface area (Å²) in [6.07, 6.45) is -15.5. The van der Waals surface area contributed by atoms with Crippen molar-refractivity contribution in [3.8, 4) is 0 Å². The summed E-state index contributed by atoms with van der Waals surface area (Å²) in [6.45, 7) is 15.2. The van der Waals surface area contributed by atoms with Gasteiger partial charge in [-0.05, 0) is 117 Å². The molecule has 10 N–H and O–H groups in total. The number of carbonyl (C=O) groups is 2. The number of rotatable bonds is 9. The fourth-order valence-electron chi connectivity index (χ4n) is 15.4. The molecular formula is C48H76O18. The highest BCUT2D eigenvalue weighted by atomic mass is 16.8. The third-order valence-electron chi connectivity index (χ3n) is 19.5. The van der Waals surface area contributed by atoms with Gasteiger partial charge in [0, 0.05) is 0 Å². The van der Waals surface area contributed by atoms with Gasteiger partial charge in [0.05, 0.1) is 35.7 Å². The van der Waals surface area contributed by atoms with Crippen molar-refractivity contribution in [3.63, 3.8) is 0 Å². The van der Waals surface area contributed by atoms with E-state index in [1.54, 1.807) is 0 Å². The molecule has 8 aliphatic rings. The molecule has 3 heterocycles. The van der Waals surface area contributed by atoms with E-state index in [9.17, 15) is 60.7 Å². The number of ether oxygens (including phenoxy) is 6. The Morgan fingerprint density at radius 3 is 1.89 bits per heavy atom. The Balaban J connectivity index is 0.992. The predicted octanol–water partition coefficient (Wildman–Crippen LogP) is 1.68. The molecule has 0 amide bonds. The van der Waals surface area contributed by atoms with Crippen LogP contribution in [-0.2, 0) is 38.0 Å². The van der Waals surface area contributed by atoms with E-state index in [2.05, 4.69) is 47.6 Å². The van der Waals surface area contributed by atoms with E-state index in [-0.39, 0.29) is 41.4 Å². The van der Waals surface area contributed by atoms with Gasteiger partial charge in [0.2, 0.25) is 0 Å². The lowest BCUT2D eigenvalue weighted by atomic mass is 9.33. The van der Waals surface area contributed by atoms with E-state index in [0.29, 0.717) is 44.9 Å². The molecule has 18 nitrogen and oxygen atoms in total. The SMILES string of the molecule is C[C@@H]1[C@H](C)CC[C@]2(C(=O)O)CC[C@]3(C(=O)O)C(=CC[C@@H]4[C@@]5(C)CC[C@H](O[C@H]6O[C@@H](CO)[C@H](O)[C@@H](O[C@@H]7O[C@@H](C)[C@@H](O[C@@H]8O[C@H](C)[C@H](O)[C@@H](O)[C@H]8O)[C@@H](O)[C@H]7O)[C@@H]6O)C(C)(C)[C@H]5CC[C@]43C)[C@@H]12. The molecule has 5 aliphatic carbocycles. The van der Waals surface area contributed by atoms with Crippen LogP contribution in [-0.4, -0.2) is 168 Å². The molecule has 3 saturated heterocycles. The van der Waals surface area contributed by atoms with Crippen LogP contribution < -0.4 is 0 Å². The Hall–Kier alpha value is -1.88. The number of hydrogen-bond donors (Lipinski definition) is 10. The quantitative estimate of drug-likeness (QED) is 0.116. The highest BCUT2D eigenvalue weighted by molar-refractivity contribution is 5.84. The lowest BCUT2D eigenvalue weighted by Gasteiger charge is -2.70. The predicted molar refractivity (Wildman–Crippen MR) is 230 cm³/mol. The van der Waals surface area contributed by atoms with Gasteiger partial charge in [0.15, 0.2) is 18.9 Å². The van der Waals surface area contributed by atoms with Gasteiger partial charge in [0.25, 0.3) is 0 Å². The summed E-state index contributed by atoms with van der Waals surface area (Å²) in [5.41, 5.74) is -2.91. The zero-order chi connectivity index (χ0) is 48.4. The maximum absolute atomic E-state index is 14.0.